The first-order valence-corrected chi connectivity index (χ1v) is 4.16. The van der Waals surface area contributed by atoms with Gasteiger partial charge in [0.2, 0.25) is 0 Å². The second-order valence-corrected chi connectivity index (χ2v) is 2.39. The zero-order valence-corrected chi connectivity index (χ0v) is 7.33. The first-order chi connectivity index (χ1) is 6.43. The molecule has 0 saturated carbocycles. The molecule has 1 aromatic rings. The quantitative estimate of drug-likeness (QED) is 0.626. The van der Waals surface area contributed by atoms with Gasteiger partial charge in [-0.15, -0.1) is 0 Å². The van der Waals surface area contributed by atoms with E-state index in [0.717, 1.165) is 5.75 Å². The van der Waals surface area contributed by atoms with E-state index in [1.165, 1.54) is 0 Å². The standard InChI is InChI=1S/C10H12FO2/c11-6-7-12-8-9-13-10-4-2-1-3-5-10/h1-2,4-5H,6-9H2. The van der Waals surface area contributed by atoms with Crippen molar-refractivity contribution in [1.82, 2.24) is 0 Å². The molecule has 3 heteroatoms. The summed E-state index contributed by atoms with van der Waals surface area (Å²) in [5, 5.41) is 0. The van der Waals surface area contributed by atoms with Gasteiger partial charge in [0.15, 0.2) is 0 Å². The van der Waals surface area contributed by atoms with Gasteiger partial charge in [-0.05, 0) is 18.2 Å². The van der Waals surface area contributed by atoms with Crippen molar-refractivity contribution in [2.24, 2.45) is 0 Å². The monoisotopic (exact) mass is 183 g/mol. The maximum atomic E-state index is 11.6. The molecule has 71 valence electrons. The van der Waals surface area contributed by atoms with Crippen molar-refractivity contribution in [2.45, 2.75) is 0 Å². The van der Waals surface area contributed by atoms with Crippen LogP contribution < -0.4 is 4.74 Å². The number of benzene rings is 1. The van der Waals surface area contributed by atoms with Crippen LogP contribution in [0.4, 0.5) is 4.39 Å². The minimum Gasteiger partial charge on any atom is -0.491 e. The third-order valence-electron chi connectivity index (χ3n) is 1.40. The lowest BCUT2D eigenvalue weighted by Gasteiger charge is -2.05. The predicted molar refractivity (Wildman–Crippen MR) is 47.6 cm³/mol. The summed E-state index contributed by atoms with van der Waals surface area (Å²) in [5.41, 5.74) is 0. The average Bonchev–Trinajstić information content (AvgIpc) is 2.19. The fourth-order valence-electron chi connectivity index (χ4n) is 0.842. The third-order valence-corrected chi connectivity index (χ3v) is 1.40. The van der Waals surface area contributed by atoms with Crippen molar-refractivity contribution in [3.05, 3.63) is 30.3 Å². The van der Waals surface area contributed by atoms with E-state index < -0.39 is 6.67 Å². The van der Waals surface area contributed by atoms with Crippen LogP contribution in [0.3, 0.4) is 0 Å². The van der Waals surface area contributed by atoms with Crippen LogP contribution in [0.5, 0.6) is 5.75 Å². The number of hydrogen-bond donors (Lipinski definition) is 0. The van der Waals surface area contributed by atoms with Crippen LogP contribution >= 0.6 is 0 Å². The molecule has 0 N–H and O–H groups in total. The van der Waals surface area contributed by atoms with Crippen LogP contribution in [-0.4, -0.2) is 26.5 Å². The van der Waals surface area contributed by atoms with Gasteiger partial charge in [0.05, 0.1) is 13.2 Å². The van der Waals surface area contributed by atoms with E-state index in [1.54, 1.807) is 12.1 Å². The van der Waals surface area contributed by atoms with Gasteiger partial charge in [-0.25, -0.2) is 4.39 Å². The molecule has 0 fully saturated rings. The molecule has 0 unspecified atom stereocenters. The molecule has 0 aromatic heterocycles. The predicted octanol–water partition coefficient (Wildman–Crippen LogP) is 1.85. The van der Waals surface area contributed by atoms with Crippen molar-refractivity contribution in [1.29, 1.82) is 0 Å². The van der Waals surface area contributed by atoms with Crippen LogP contribution in [-0.2, 0) is 4.74 Å². The van der Waals surface area contributed by atoms with Crippen molar-refractivity contribution >= 4 is 0 Å². The van der Waals surface area contributed by atoms with Crippen LogP contribution in [0.15, 0.2) is 24.3 Å². The van der Waals surface area contributed by atoms with Gasteiger partial charge in [0, 0.05) is 0 Å². The average molecular weight is 183 g/mol. The molecular formula is C10H12FO2. The molecule has 13 heavy (non-hydrogen) atoms. The molecule has 0 aliphatic rings. The number of rotatable bonds is 6. The summed E-state index contributed by atoms with van der Waals surface area (Å²) in [5.74, 6) is 0.756. The van der Waals surface area contributed by atoms with E-state index in [0.29, 0.717) is 13.2 Å². The van der Waals surface area contributed by atoms with Crippen LogP contribution in [0.25, 0.3) is 0 Å². The zero-order chi connectivity index (χ0) is 9.36. The molecule has 0 bridgehead atoms. The summed E-state index contributed by atoms with van der Waals surface area (Å²) >= 11 is 0. The maximum absolute atomic E-state index is 11.6. The van der Waals surface area contributed by atoms with Crippen molar-refractivity contribution in [3.63, 3.8) is 0 Å². The fourth-order valence-corrected chi connectivity index (χ4v) is 0.842. The summed E-state index contributed by atoms with van der Waals surface area (Å²) in [4.78, 5) is 0. The highest BCUT2D eigenvalue weighted by molar-refractivity contribution is 5.19. The van der Waals surface area contributed by atoms with Gasteiger partial charge in [-0.3, -0.25) is 0 Å². The molecular weight excluding hydrogens is 171 g/mol. The highest BCUT2D eigenvalue weighted by atomic mass is 19.1. The largest absolute Gasteiger partial charge is 0.491 e. The number of alkyl halides is 1. The highest BCUT2D eigenvalue weighted by Crippen LogP contribution is 2.06. The molecule has 1 radical (unpaired) electrons. The van der Waals surface area contributed by atoms with Gasteiger partial charge in [0.1, 0.15) is 19.0 Å². The SMILES string of the molecule is FCCOCCOc1c[c]ccc1. The Morgan fingerprint density at radius 1 is 1.31 bits per heavy atom. The lowest BCUT2D eigenvalue weighted by Crippen LogP contribution is -2.07. The van der Waals surface area contributed by atoms with Gasteiger partial charge in [-0.2, -0.15) is 0 Å². The minimum absolute atomic E-state index is 0.143. The number of hydrogen-bond acceptors (Lipinski definition) is 2. The van der Waals surface area contributed by atoms with Crippen molar-refractivity contribution in [3.8, 4) is 5.75 Å². The Bertz CT molecular complexity index is 213. The Labute approximate surface area is 77.3 Å². The molecule has 0 amide bonds. The van der Waals surface area contributed by atoms with Crippen LogP contribution in [0, 0.1) is 6.07 Å². The van der Waals surface area contributed by atoms with Crippen LogP contribution in [0.2, 0.25) is 0 Å². The summed E-state index contributed by atoms with van der Waals surface area (Å²) in [7, 11) is 0. The summed E-state index contributed by atoms with van der Waals surface area (Å²) < 4.78 is 21.7. The molecule has 0 aliphatic carbocycles. The Kier molecular flexibility index (Phi) is 4.94. The molecule has 0 spiro atoms. The van der Waals surface area contributed by atoms with E-state index in [4.69, 9.17) is 9.47 Å². The normalized spacial score (nSPS) is 9.92. The summed E-state index contributed by atoms with van der Waals surface area (Å²) in [6.45, 7) is 0.556. The first-order valence-electron chi connectivity index (χ1n) is 4.16. The lowest BCUT2D eigenvalue weighted by atomic mass is 10.3. The third kappa shape index (κ3) is 4.48. The van der Waals surface area contributed by atoms with Gasteiger partial charge in [0.25, 0.3) is 0 Å². The van der Waals surface area contributed by atoms with E-state index >= 15 is 0 Å². The molecule has 0 heterocycles. The highest BCUT2D eigenvalue weighted by Gasteiger charge is 1.91. The molecule has 0 saturated heterocycles. The van der Waals surface area contributed by atoms with Gasteiger partial charge < -0.3 is 9.47 Å². The maximum Gasteiger partial charge on any atom is 0.120 e. The smallest absolute Gasteiger partial charge is 0.120 e. The van der Waals surface area contributed by atoms with E-state index in [1.807, 2.05) is 12.1 Å². The molecule has 2 nitrogen and oxygen atoms in total. The number of halogens is 1. The summed E-state index contributed by atoms with van der Waals surface area (Å²) in [6.07, 6.45) is 0. The number of ether oxygens (including phenoxy) is 2. The van der Waals surface area contributed by atoms with Crippen LogP contribution in [0.1, 0.15) is 0 Å². The Hall–Kier alpha value is -1.09. The van der Waals surface area contributed by atoms with E-state index in [9.17, 15) is 4.39 Å². The topological polar surface area (TPSA) is 18.5 Å². The van der Waals surface area contributed by atoms with Gasteiger partial charge >= 0.3 is 0 Å². The Morgan fingerprint density at radius 3 is 2.92 bits per heavy atom. The second-order valence-electron chi connectivity index (χ2n) is 2.39. The zero-order valence-electron chi connectivity index (χ0n) is 7.33. The van der Waals surface area contributed by atoms with Crippen molar-refractivity contribution in [2.75, 3.05) is 26.5 Å². The van der Waals surface area contributed by atoms with Gasteiger partial charge in [-0.1, -0.05) is 12.1 Å². The molecule has 1 rings (SSSR count). The fraction of sp³-hybridized carbons (Fsp3) is 0.400. The first kappa shape index (κ1) is 9.99. The molecule has 0 atom stereocenters. The Morgan fingerprint density at radius 2 is 2.23 bits per heavy atom. The second kappa shape index (κ2) is 6.43. The molecule has 1 aromatic carbocycles. The summed E-state index contributed by atoms with van der Waals surface area (Å²) in [6, 6.07) is 10.1. The van der Waals surface area contributed by atoms with E-state index in [-0.39, 0.29) is 6.61 Å². The van der Waals surface area contributed by atoms with E-state index in [2.05, 4.69) is 6.07 Å². The van der Waals surface area contributed by atoms with Crippen molar-refractivity contribution < 1.29 is 13.9 Å². The minimum atomic E-state index is -0.445. The molecule has 0 aliphatic heterocycles. The Balaban J connectivity index is 2.07. The lowest BCUT2D eigenvalue weighted by molar-refractivity contribution is 0.0897.